The third-order valence-electron chi connectivity index (χ3n) is 1.80. The van der Waals surface area contributed by atoms with Gasteiger partial charge >= 0.3 is 0 Å². The predicted octanol–water partition coefficient (Wildman–Crippen LogP) is 1.28. The number of carbonyl (C=O) groups excluding carboxylic acids is 1. The van der Waals surface area contributed by atoms with Gasteiger partial charge in [0.25, 0.3) is 5.91 Å². The standard InChI is InChI=1S/C10H14N2O/c1-3-12(2)11-10(13)9-7-5-4-6-8-9/h4-8H,3H2,1-2H3,(H,11,13). The fourth-order valence-electron chi connectivity index (χ4n) is 0.906. The summed E-state index contributed by atoms with van der Waals surface area (Å²) < 4.78 is 0. The molecule has 0 aromatic heterocycles. The van der Waals surface area contributed by atoms with E-state index >= 15 is 0 Å². The van der Waals surface area contributed by atoms with Crippen molar-refractivity contribution >= 4 is 5.91 Å². The Morgan fingerprint density at radius 2 is 2.00 bits per heavy atom. The zero-order valence-electron chi connectivity index (χ0n) is 7.95. The first kappa shape index (κ1) is 9.74. The summed E-state index contributed by atoms with van der Waals surface area (Å²) >= 11 is 0. The summed E-state index contributed by atoms with van der Waals surface area (Å²) in [6, 6.07) is 9.17. The molecular formula is C10H14N2O. The largest absolute Gasteiger partial charge is 0.285 e. The second-order valence-electron chi connectivity index (χ2n) is 2.82. The topological polar surface area (TPSA) is 32.3 Å². The number of hydrogen-bond acceptors (Lipinski definition) is 2. The summed E-state index contributed by atoms with van der Waals surface area (Å²) in [5.74, 6) is -0.0649. The summed E-state index contributed by atoms with van der Waals surface area (Å²) in [6.07, 6.45) is 0. The molecule has 1 amide bonds. The van der Waals surface area contributed by atoms with Crippen molar-refractivity contribution in [3.05, 3.63) is 35.9 Å². The van der Waals surface area contributed by atoms with Crippen molar-refractivity contribution in [3.8, 4) is 0 Å². The SMILES string of the molecule is CCN(C)NC(=O)c1ccccc1. The number of benzene rings is 1. The van der Waals surface area contributed by atoms with Crippen LogP contribution in [0.5, 0.6) is 0 Å². The molecule has 0 heterocycles. The van der Waals surface area contributed by atoms with E-state index in [1.807, 2.05) is 32.2 Å². The maximum absolute atomic E-state index is 11.5. The molecule has 3 nitrogen and oxygen atoms in total. The smallest absolute Gasteiger partial charge is 0.265 e. The predicted molar refractivity (Wildman–Crippen MR) is 52.2 cm³/mol. The third-order valence-corrected chi connectivity index (χ3v) is 1.80. The molecule has 0 aliphatic carbocycles. The van der Waals surface area contributed by atoms with Crippen molar-refractivity contribution in [2.45, 2.75) is 6.92 Å². The van der Waals surface area contributed by atoms with Crippen LogP contribution in [0.15, 0.2) is 30.3 Å². The van der Waals surface area contributed by atoms with Gasteiger partial charge in [0.15, 0.2) is 0 Å². The first-order valence-electron chi connectivity index (χ1n) is 4.31. The lowest BCUT2D eigenvalue weighted by Gasteiger charge is -2.15. The van der Waals surface area contributed by atoms with Crippen molar-refractivity contribution < 1.29 is 4.79 Å². The molecular weight excluding hydrogens is 164 g/mol. The highest BCUT2D eigenvalue weighted by Gasteiger charge is 2.04. The number of hydrazine groups is 1. The van der Waals surface area contributed by atoms with Crippen LogP contribution < -0.4 is 5.43 Å². The van der Waals surface area contributed by atoms with Crippen LogP contribution in [-0.4, -0.2) is 24.5 Å². The number of hydrogen-bond donors (Lipinski definition) is 1. The molecule has 3 heteroatoms. The molecule has 1 aromatic rings. The Labute approximate surface area is 78.3 Å². The molecule has 1 rings (SSSR count). The zero-order chi connectivity index (χ0) is 9.68. The quantitative estimate of drug-likeness (QED) is 0.707. The van der Waals surface area contributed by atoms with Crippen LogP contribution in [0.2, 0.25) is 0 Å². The maximum Gasteiger partial charge on any atom is 0.265 e. The van der Waals surface area contributed by atoms with Crippen LogP contribution in [0.4, 0.5) is 0 Å². The van der Waals surface area contributed by atoms with Crippen LogP contribution in [0.1, 0.15) is 17.3 Å². The van der Waals surface area contributed by atoms with Gasteiger partial charge in [-0.25, -0.2) is 5.01 Å². The minimum atomic E-state index is -0.0649. The summed E-state index contributed by atoms with van der Waals surface area (Å²) in [4.78, 5) is 11.5. The number of carbonyl (C=O) groups is 1. The van der Waals surface area contributed by atoms with Gasteiger partial charge in [0.1, 0.15) is 0 Å². The molecule has 70 valence electrons. The Bertz CT molecular complexity index is 272. The Morgan fingerprint density at radius 1 is 1.38 bits per heavy atom. The summed E-state index contributed by atoms with van der Waals surface area (Å²) in [6.45, 7) is 2.77. The minimum Gasteiger partial charge on any atom is -0.285 e. The van der Waals surface area contributed by atoms with Crippen LogP contribution in [0, 0.1) is 0 Å². The van der Waals surface area contributed by atoms with Crippen LogP contribution in [0.25, 0.3) is 0 Å². The van der Waals surface area contributed by atoms with E-state index in [4.69, 9.17) is 0 Å². The second-order valence-corrected chi connectivity index (χ2v) is 2.82. The molecule has 1 N–H and O–H groups in total. The van der Waals surface area contributed by atoms with Gasteiger partial charge in [0, 0.05) is 19.2 Å². The van der Waals surface area contributed by atoms with Crippen molar-refractivity contribution in [1.82, 2.24) is 10.4 Å². The maximum atomic E-state index is 11.5. The molecule has 0 fully saturated rings. The fourth-order valence-corrected chi connectivity index (χ4v) is 0.906. The molecule has 0 saturated carbocycles. The molecule has 1 aromatic carbocycles. The third kappa shape index (κ3) is 2.87. The molecule has 13 heavy (non-hydrogen) atoms. The summed E-state index contributed by atoms with van der Waals surface area (Å²) in [5.41, 5.74) is 3.42. The Kier molecular flexibility index (Phi) is 3.46. The van der Waals surface area contributed by atoms with Gasteiger partial charge in [-0.3, -0.25) is 10.2 Å². The van der Waals surface area contributed by atoms with E-state index in [-0.39, 0.29) is 5.91 Å². The average Bonchev–Trinajstić information content (AvgIpc) is 2.19. The Balaban J connectivity index is 2.59. The van der Waals surface area contributed by atoms with E-state index in [0.29, 0.717) is 5.56 Å². The average molecular weight is 178 g/mol. The first-order valence-corrected chi connectivity index (χ1v) is 4.31. The van der Waals surface area contributed by atoms with Gasteiger partial charge in [0.05, 0.1) is 0 Å². The van der Waals surface area contributed by atoms with Crippen LogP contribution in [-0.2, 0) is 0 Å². The van der Waals surface area contributed by atoms with E-state index in [1.165, 1.54) is 0 Å². The van der Waals surface area contributed by atoms with E-state index in [9.17, 15) is 4.79 Å². The second kappa shape index (κ2) is 4.62. The van der Waals surface area contributed by atoms with Gasteiger partial charge < -0.3 is 0 Å². The van der Waals surface area contributed by atoms with Crippen LogP contribution >= 0.6 is 0 Å². The number of nitrogens with one attached hydrogen (secondary N) is 1. The lowest BCUT2D eigenvalue weighted by atomic mass is 10.2. The lowest BCUT2D eigenvalue weighted by Crippen LogP contribution is -2.38. The fraction of sp³-hybridized carbons (Fsp3) is 0.300. The molecule has 0 unspecified atom stereocenters. The van der Waals surface area contributed by atoms with Crippen molar-refractivity contribution in [2.24, 2.45) is 0 Å². The van der Waals surface area contributed by atoms with Crippen molar-refractivity contribution in [3.63, 3.8) is 0 Å². The van der Waals surface area contributed by atoms with E-state index < -0.39 is 0 Å². The van der Waals surface area contributed by atoms with E-state index in [1.54, 1.807) is 17.1 Å². The lowest BCUT2D eigenvalue weighted by molar-refractivity contribution is 0.0835. The van der Waals surface area contributed by atoms with Gasteiger partial charge in [-0.2, -0.15) is 0 Å². The van der Waals surface area contributed by atoms with Gasteiger partial charge in [0.2, 0.25) is 0 Å². The first-order chi connectivity index (χ1) is 6.24. The summed E-state index contributed by atoms with van der Waals surface area (Å²) in [7, 11) is 1.83. The molecule has 0 bridgehead atoms. The minimum absolute atomic E-state index is 0.0649. The molecule has 0 saturated heterocycles. The Morgan fingerprint density at radius 3 is 2.54 bits per heavy atom. The number of rotatable bonds is 3. The molecule has 0 aliphatic rings. The van der Waals surface area contributed by atoms with Crippen molar-refractivity contribution in [2.75, 3.05) is 13.6 Å². The Hall–Kier alpha value is -1.35. The molecule has 0 spiro atoms. The molecule has 0 atom stereocenters. The monoisotopic (exact) mass is 178 g/mol. The number of nitrogens with zero attached hydrogens (tertiary/aromatic N) is 1. The highest BCUT2D eigenvalue weighted by molar-refractivity contribution is 5.93. The van der Waals surface area contributed by atoms with E-state index in [2.05, 4.69) is 5.43 Å². The highest BCUT2D eigenvalue weighted by atomic mass is 16.2. The van der Waals surface area contributed by atoms with E-state index in [0.717, 1.165) is 6.54 Å². The van der Waals surface area contributed by atoms with Crippen molar-refractivity contribution in [1.29, 1.82) is 0 Å². The van der Waals surface area contributed by atoms with Crippen LogP contribution in [0.3, 0.4) is 0 Å². The zero-order valence-corrected chi connectivity index (χ0v) is 7.95. The normalized spacial score (nSPS) is 10.1. The summed E-state index contributed by atoms with van der Waals surface area (Å²) in [5, 5.41) is 1.75. The van der Waals surface area contributed by atoms with Gasteiger partial charge in [-0.15, -0.1) is 0 Å². The molecule has 0 radical (unpaired) electrons. The number of amides is 1. The molecule has 0 aliphatic heterocycles. The van der Waals surface area contributed by atoms with Gasteiger partial charge in [-0.05, 0) is 12.1 Å². The highest BCUT2D eigenvalue weighted by Crippen LogP contribution is 1.97. The van der Waals surface area contributed by atoms with Gasteiger partial charge in [-0.1, -0.05) is 25.1 Å².